The van der Waals surface area contributed by atoms with Gasteiger partial charge in [0.2, 0.25) is 9.04 Å². The van der Waals surface area contributed by atoms with Gasteiger partial charge in [0.25, 0.3) is 0 Å². The first-order chi connectivity index (χ1) is 12.2. The van der Waals surface area contributed by atoms with Crippen LogP contribution in [0.1, 0.15) is 116 Å². The normalized spacial score (nSPS) is 17.3. The summed E-state index contributed by atoms with van der Waals surface area (Å²) in [6.07, 6.45) is 24.8. The van der Waals surface area contributed by atoms with E-state index in [2.05, 4.69) is 20.0 Å². The zero-order chi connectivity index (χ0) is 18.2. The van der Waals surface area contributed by atoms with Crippen molar-refractivity contribution >= 4 is 9.04 Å². The predicted octanol–water partition coefficient (Wildman–Crippen LogP) is 8.15. The fraction of sp³-hybridized carbons (Fsp3) is 1.00. The molecule has 25 heavy (non-hydrogen) atoms. The molecule has 1 rings (SSSR count). The van der Waals surface area contributed by atoms with E-state index in [1.54, 1.807) is 0 Å². The molecule has 0 aliphatic heterocycles. The van der Waals surface area contributed by atoms with Crippen LogP contribution in [-0.4, -0.2) is 15.6 Å². The molecule has 1 unspecified atom stereocenters. The van der Waals surface area contributed by atoms with Crippen molar-refractivity contribution in [1.29, 1.82) is 0 Å². The molecule has 1 atom stereocenters. The van der Waals surface area contributed by atoms with Gasteiger partial charge in [-0.2, -0.15) is 0 Å². The van der Waals surface area contributed by atoms with Crippen molar-refractivity contribution in [1.82, 2.24) is 0 Å². The Morgan fingerprint density at radius 2 is 1.32 bits per heavy atom. The molecule has 0 aromatic rings. The first-order valence-corrected chi connectivity index (χ1v) is 14.1. The molecular formula is C23H47OSi. The van der Waals surface area contributed by atoms with Crippen LogP contribution in [0.3, 0.4) is 0 Å². The molecule has 149 valence electrons. The predicted molar refractivity (Wildman–Crippen MR) is 115 cm³/mol. The molecule has 0 amide bonds. The van der Waals surface area contributed by atoms with E-state index in [9.17, 15) is 0 Å². The number of unbranched alkanes of at least 4 members (excludes halogenated alkanes) is 8. The highest BCUT2D eigenvalue weighted by Crippen LogP contribution is 2.35. The Hall–Kier alpha value is 0.177. The van der Waals surface area contributed by atoms with Crippen molar-refractivity contribution in [2.45, 2.75) is 129 Å². The highest BCUT2D eigenvalue weighted by Gasteiger charge is 2.22. The van der Waals surface area contributed by atoms with Crippen molar-refractivity contribution in [2.75, 3.05) is 6.61 Å². The maximum absolute atomic E-state index is 5.88. The molecule has 1 nitrogen and oxygen atoms in total. The van der Waals surface area contributed by atoms with Crippen LogP contribution in [-0.2, 0) is 4.43 Å². The summed E-state index contributed by atoms with van der Waals surface area (Å²) >= 11 is 0. The van der Waals surface area contributed by atoms with Gasteiger partial charge in [-0.1, -0.05) is 103 Å². The second-order valence-corrected chi connectivity index (χ2v) is 10.8. The second-order valence-electron chi connectivity index (χ2n) is 8.67. The SMILES string of the molecule is CCCCCCCCCCCC(CCCO[Si](C)C)C1CCCCC1. The summed E-state index contributed by atoms with van der Waals surface area (Å²) in [5.74, 6) is 2.04. The maximum Gasteiger partial charge on any atom is 0.204 e. The molecule has 0 aromatic carbocycles. The highest BCUT2D eigenvalue weighted by molar-refractivity contribution is 6.48. The van der Waals surface area contributed by atoms with Gasteiger partial charge in [0.1, 0.15) is 0 Å². The number of hydrogen-bond donors (Lipinski definition) is 0. The quantitative estimate of drug-likeness (QED) is 0.197. The summed E-state index contributed by atoms with van der Waals surface area (Å²) in [6.45, 7) is 7.83. The van der Waals surface area contributed by atoms with Crippen molar-refractivity contribution in [3.63, 3.8) is 0 Å². The van der Waals surface area contributed by atoms with Crippen LogP contribution < -0.4 is 0 Å². The molecular weight excluding hydrogens is 320 g/mol. The Morgan fingerprint density at radius 3 is 1.92 bits per heavy atom. The first kappa shape index (κ1) is 23.2. The number of hydrogen-bond acceptors (Lipinski definition) is 1. The van der Waals surface area contributed by atoms with Crippen LogP contribution in [0.25, 0.3) is 0 Å². The summed E-state index contributed by atoms with van der Waals surface area (Å²) < 4.78 is 5.88. The van der Waals surface area contributed by atoms with Crippen molar-refractivity contribution in [3.8, 4) is 0 Å². The van der Waals surface area contributed by atoms with Crippen LogP contribution >= 0.6 is 0 Å². The molecule has 1 aliphatic rings. The van der Waals surface area contributed by atoms with Gasteiger partial charge < -0.3 is 4.43 Å². The second kappa shape index (κ2) is 16.4. The molecule has 0 aromatic heterocycles. The van der Waals surface area contributed by atoms with Gasteiger partial charge in [-0.3, -0.25) is 0 Å². The highest BCUT2D eigenvalue weighted by atomic mass is 28.3. The van der Waals surface area contributed by atoms with Crippen LogP contribution in [0, 0.1) is 11.8 Å². The minimum Gasteiger partial charge on any atom is -0.417 e. The van der Waals surface area contributed by atoms with Gasteiger partial charge in [-0.05, 0) is 37.8 Å². The molecule has 1 fully saturated rings. The van der Waals surface area contributed by atoms with E-state index in [1.807, 2.05) is 0 Å². The van der Waals surface area contributed by atoms with E-state index in [0.717, 1.165) is 18.4 Å². The van der Waals surface area contributed by atoms with Gasteiger partial charge in [0, 0.05) is 6.61 Å². The lowest BCUT2D eigenvalue weighted by molar-refractivity contribution is 0.202. The summed E-state index contributed by atoms with van der Waals surface area (Å²) in [6, 6.07) is 0. The monoisotopic (exact) mass is 367 g/mol. The largest absolute Gasteiger partial charge is 0.417 e. The molecule has 1 radical (unpaired) electrons. The van der Waals surface area contributed by atoms with E-state index < -0.39 is 9.04 Å². The van der Waals surface area contributed by atoms with Gasteiger partial charge in [0.05, 0.1) is 0 Å². The van der Waals surface area contributed by atoms with Crippen LogP contribution in [0.2, 0.25) is 13.1 Å². The van der Waals surface area contributed by atoms with E-state index >= 15 is 0 Å². The standard InChI is InChI=1S/C23H47OSi/c1-4-5-6-7-8-9-10-11-13-17-23(20-16-21-24-25(2)3)22-18-14-12-15-19-22/h22-23H,4-21H2,1-3H3. The van der Waals surface area contributed by atoms with Crippen LogP contribution in [0.5, 0.6) is 0 Å². The Balaban J connectivity index is 2.12. The lowest BCUT2D eigenvalue weighted by Gasteiger charge is -2.30. The molecule has 2 heteroatoms. The van der Waals surface area contributed by atoms with Gasteiger partial charge >= 0.3 is 0 Å². The van der Waals surface area contributed by atoms with Gasteiger partial charge in [0.15, 0.2) is 0 Å². The summed E-state index contributed by atoms with van der Waals surface area (Å²) in [5.41, 5.74) is 0. The minimum absolute atomic E-state index is 0.492. The van der Waals surface area contributed by atoms with Crippen molar-refractivity contribution < 1.29 is 4.43 Å². The van der Waals surface area contributed by atoms with Crippen molar-refractivity contribution in [3.05, 3.63) is 0 Å². The molecule has 0 heterocycles. The third kappa shape index (κ3) is 13.1. The summed E-state index contributed by atoms with van der Waals surface area (Å²) in [4.78, 5) is 0. The van der Waals surface area contributed by atoms with Crippen molar-refractivity contribution in [2.24, 2.45) is 11.8 Å². The molecule has 0 bridgehead atoms. The van der Waals surface area contributed by atoms with E-state index in [-0.39, 0.29) is 0 Å². The molecule has 1 saturated carbocycles. The molecule has 0 saturated heterocycles. The van der Waals surface area contributed by atoms with Crippen LogP contribution in [0.15, 0.2) is 0 Å². The Morgan fingerprint density at radius 1 is 0.760 bits per heavy atom. The van der Waals surface area contributed by atoms with Gasteiger partial charge in [-0.25, -0.2) is 0 Å². The minimum atomic E-state index is -0.492. The molecule has 0 spiro atoms. The third-order valence-electron chi connectivity index (χ3n) is 6.10. The Kier molecular flexibility index (Phi) is 15.2. The summed E-state index contributed by atoms with van der Waals surface area (Å²) in [5, 5.41) is 0. The number of rotatable bonds is 16. The lowest BCUT2D eigenvalue weighted by atomic mass is 9.76. The summed E-state index contributed by atoms with van der Waals surface area (Å²) in [7, 11) is -0.492. The van der Waals surface area contributed by atoms with Gasteiger partial charge in [-0.15, -0.1) is 0 Å². The van der Waals surface area contributed by atoms with Crippen LogP contribution in [0.4, 0.5) is 0 Å². The topological polar surface area (TPSA) is 9.23 Å². The Labute approximate surface area is 161 Å². The molecule has 1 aliphatic carbocycles. The fourth-order valence-corrected chi connectivity index (χ4v) is 5.11. The first-order valence-electron chi connectivity index (χ1n) is 11.7. The maximum atomic E-state index is 5.88. The van der Waals surface area contributed by atoms with E-state index in [1.165, 1.54) is 109 Å². The zero-order valence-corrected chi connectivity index (χ0v) is 18.8. The molecule has 0 N–H and O–H groups in total. The average molecular weight is 368 g/mol. The van der Waals surface area contributed by atoms with E-state index in [0.29, 0.717) is 0 Å². The Bertz CT molecular complexity index is 273. The van der Waals surface area contributed by atoms with E-state index in [4.69, 9.17) is 4.43 Å². The average Bonchev–Trinajstić information content (AvgIpc) is 2.62. The third-order valence-corrected chi connectivity index (χ3v) is 6.89. The smallest absolute Gasteiger partial charge is 0.204 e. The fourth-order valence-electron chi connectivity index (χ4n) is 4.56. The zero-order valence-electron chi connectivity index (χ0n) is 17.8. The lowest BCUT2D eigenvalue weighted by Crippen LogP contribution is -2.19.